The van der Waals surface area contributed by atoms with Crippen molar-refractivity contribution in [1.82, 2.24) is 14.3 Å². The largest absolute Gasteiger partial charge is 0.354 e. The van der Waals surface area contributed by atoms with Crippen LogP contribution >= 0.6 is 0 Å². The van der Waals surface area contributed by atoms with Gasteiger partial charge in [-0.05, 0) is 13.3 Å². The van der Waals surface area contributed by atoms with Crippen LogP contribution in [0.3, 0.4) is 0 Å². The van der Waals surface area contributed by atoms with Crippen molar-refractivity contribution in [3.05, 3.63) is 11.8 Å². The number of nitrogens with zero attached hydrogens (tertiary/aromatic N) is 4. The highest BCUT2D eigenvalue weighted by atomic mass is 32.2. The fourth-order valence-corrected chi connectivity index (χ4v) is 3.11. The molecular formula is C13H23N5O2S. The first-order valence-corrected chi connectivity index (χ1v) is 9.04. The first-order chi connectivity index (χ1) is 9.90. The Labute approximate surface area is 126 Å². The van der Waals surface area contributed by atoms with E-state index in [1.807, 2.05) is 13.0 Å². The Hall–Kier alpha value is -1.41. The van der Waals surface area contributed by atoms with Gasteiger partial charge in [0, 0.05) is 44.5 Å². The van der Waals surface area contributed by atoms with Crippen molar-refractivity contribution in [2.75, 3.05) is 49.2 Å². The van der Waals surface area contributed by atoms with Crippen molar-refractivity contribution in [2.45, 2.75) is 20.3 Å². The summed E-state index contributed by atoms with van der Waals surface area (Å²) in [6, 6.07) is 1.94. The van der Waals surface area contributed by atoms with Crippen LogP contribution in [-0.2, 0) is 10.0 Å². The minimum atomic E-state index is -3.10. The quantitative estimate of drug-likeness (QED) is 0.861. The Morgan fingerprint density at radius 1 is 1.24 bits per heavy atom. The summed E-state index contributed by atoms with van der Waals surface area (Å²) in [7, 11) is -3.10. The van der Waals surface area contributed by atoms with Gasteiger partial charge in [-0.2, -0.15) is 9.29 Å². The van der Waals surface area contributed by atoms with Crippen LogP contribution in [0, 0.1) is 6.92 Å². The van der Waals surface area contributed by atoms with Gasteiger partial charge in [0.2, 0.25) is 16.0 Å². The summed E-state index contributed by atoms with van der Waals surface area (Å²) in [5.74, 6) is 1.49. The zero-order chi connectivity index (χ0) is 15.5. The Kier molecular flexibility index (Phi) is 5.00. The molecule has 1 aromatic heterocycles. The Bertz CT molecular complexity index is 582. The van der Waals surface area contributed by atoms with E-state index in [0.717, 1.165) is 24.5 Å². The van der Waals surface area contributed by atoms with Crippen molar-refractivity contribution >= 4 is 21.8 Å². The zero-order valence-corrected chi connectivity index (χ0v) is 13.7. The third-order valence-electron chi connectivity index (χ3n) is 3.41. The van der Waals surface area contributed by atoms with Gasteiger partial charge < -0.3 is 10.2 Å². The van der Waals surface area contributed by atoms with Gasteiger partial charge in [0.15, 0.2) is 0 Å². The molecule has 0 aliphatic carbocycles. The average Bonchev–Trinajstić information content (AvgIpc) is 2.44. The monoisotopic (exact) mass is 313 g/mol. The molecule has 2 rings (SSSR count). The molecule has 7 nitrogen and oxygen atoms in total. The molecule has 1 aromatic rings. The van der Waals surface area contributed by atoms with Crippen LogP contribution in [0.15, 0.2) is 6.07 Å². The molecule has 2 heterocycles. The molecule has 0 amide bonds. The third kappa shape index (κ3) is 4.28. The first-order valence-electron chi connectivity index (χ1n) is 7.20. The highest BCUT2D eigenvalue weighted by Crippen LogP contribution is 2.17. The zero-order valence-electron chi connectivity index (χ0n) is 12.8. The van der Waals surface area contributed by atoms with E-state index in [1.54, 1.807) is 0 Å². The highest BCUT2D eigenvalue weighted by Gasteiger charge is 2.24. The molecule has 0 saturated carbocycles. The van der Waals surface area contributed by atoms with Crippen LogP contribution in [0.25, 0.3) is 0 Å². The van der Waals surface area contributed by atoms with Gasteiger partial charge in [-0.3, -0.25) is 0 Å². The maximum absolute atomic E-state index is 11.5. The lowest BCUT2D eigenvalue weighted by atomic mass is 10.3. The second kappa shape index (κ2) is 6.57. The van der Waals surface area contributed by atoms with E-state index in [-0.39, 0.29) is 0 Å². The Morgan fingerprint density at radius 2 is 1.90 bits per heavy atom. The Balaban J connectivity index is 2.07. The van der Waals surface area contributed by atoms with Gasteiger partial charge in [0.1, 0.15) is 5.82 Å². The number of aryl methyl sites for hydroxylation is 1. The summed E-state index contributed by atoms with van der Waals surface area (Å²) in [5, 5.41) is 3.19. The number of aromatic nitrogens is 2. The van der Waals surface area contributed by atoms with E-state index in [0.29, 0.717) is 32.1 Å². The number of anilines is 2. The SMILES string of the molecule is CCCNc1nc(C)cc(N2CCN(S(C)(=O)=O)CC2)n1. The molecular weight excluding hydrogens is 290 g/mol. The number of hydrogen-bond acceptors (Lipinski definition) is 6. The van der Waals surface area contributed by atoms with Crippen molar-refractivity contribution in [1.29, 1.82) is 0 Å². The minimum Gasteiger partial charge on any atom is -0.354 e. The van der Waals surface area contributed by atoms with Crippen LogP contribution in [0.5, 0.6) is 0 Å². The number of nitrogens with one attached hydrogen (secondary N) is 1. The molecule has 8 heteroatoms. The molecule has 1 N–H and O–H groups in total. The number of piperazine rings is 1. The number of hydrogen-bond donors (Lipinski definition) is 1. The number of rotatable bonds is 5. The molecule has 0 radical (unpaired) electrons. The van der Waals surface area contributed by atoms with Crippen LogP contribution in [0.1, 0.15) is 19.0 Å². The van der Waals surface area contributed by atoms with Crippen molar-refractivity contribution in [2.24, 2.45) is 0 Å². The van der Waals surface area contributed by atoms with Crippen LogP contribution in [0.4, 0.5) is 11.8 Å². The molecule has 0 bridgehead atoms. The lowest BCUT2D eigenvalue weighted by molar-refractivity contribution is 0.387. The summed E-state index contributed by atoms with van der Waals surface area (Å²) < 4.78 is 24.6. The standard InChI is InChI=1S/C13H23N5O2S/c1-4-5-14-13-15-11(2)10-12(16-13)17-6-8-18(9-7-17)21(3,19)20/h10H,4-9H2,1-3H3,(H,14,15,16). The molecule has 118 valence electrons. The molecule has 21 heavy (non-hydrogen) atoms. The van der Waals surface area contributed by atoms with Gasteiger partial charge in [0.05, 0.1) is 6.26 Å². The van der Waals surface area contributed by atoms with Crippen molar-refractivity contribution < 1.29 is 8.42 Å². The average molecular weight is 313 g/mol. The van der Waals surface area contributed by atoms with Crippen molar-refractivity contribution in [3.63, 3.8) is 0 Å². The summed E-state index contributed by atoms with van der Waals surface area (Å²) in [6.45, 7) is 7.17. The number of sulfonamides is 1. The van der Waals surface area contributed by atoms with E-state index in [4.69, 9.17) is 0 Å². The predicted octanol–water partition coefficient (Wildman–Crippen LogP) is 0.689. The van der Waals surface area contributed by atoms with Gasteiger partial charge >= 0.3 is 0 Å². The topological polar surface area (TPSA) is 78.4 Å². The van der Waals surface area contributed by atoms with E-state index in [9.17, 15) is 8.42 Å². The molecule has 1 saturated heterocycles. The lowest BCUT2D eigenvalue weighted by Gasteiger charge is -2.34. The summed E-state index contributed by atoms with van der Waals surface area (Å²) >= 11 is 0. The second-order valence-corrected chi connectivity index (χ2v) is 7.25. The maximum Gasteiger partial charge on any atom is 0.224 e. The molecule has 1 aliphatic rings. The van der Waals surface area contributed by atoms with E-state index < -0.39 is 10.0 Å². The lowest BCUT2D eigenvalue weighted by Crippen LogP contribution is -2.48. The normalized spacial score (nSPS) is 17.0. The third-order valence-corrected chi connectivity index (χ3v) is 4.71. The maximum atomic E-state index is 11.5. The first kappa shape index (κ1) is 16.0. The van der Waals surface area contributed by atoms with E-state index in [2.05, 4.69) is 27.1 Å². The molecule has 0 atom stereocenters. The molecule has 0 aromatic carbocycles. The molecule has 1 fully saturated rings. The van der Waals surface area contributed by atoms with Gasteiger partial charge in [0.25, 0.3) is 0 Å². The van der Waals surface area contributed by atoms with E-state index >= 15 is 0 Å². The van der Waals surface area contributed by atoms with E-state index in [1.165, 1.54) is 10.6 Å². The predicted molar refractivity (Wildman–Crippen MR) is 84.2 cm³/mol. The van der Waals surface area contributed by atoms with Crippen LogP contribution in [0.2, 0.25) is 0 Å². The highest BCUT2D eigenvalue weighted by molar-refractivity contribution is 7.88. The second-order valence-electron chi connectivity index (χ2n) is 5.27. The van der Waals surface area contributed by atoms with Crippen molar-refractivity contribution in [3.8, 4) is 0 Å². The molecule has 1 aliphatic heterocycles. The summed E-state index contributed by atoms with van der Waals surface area (Å²) in [5.41, 5.74) is 0.907. The van der Waals surface area contributed by atoms with Crippen LogP contribution in [-0.4, -0.2) is 61.7 Å². The van der Waals surface area contributed by atoms with Gasteiger partial charge in [-0.15, -0.1) is 0 Å². The smallest absolute Gasteiger partial charge is 0.224 e. The van der Waals surface area contributed by atoms with Crippen LogP contribution < -0.4 is 10.2 Å². The summed E-state index contributed by atoms with van der Waals surface area (Å²) in [6.07, 6.45) is 2.27. The van der Waals surface area contributed by atoms with Gasteiger partial charge in [-0.25, -0.2) is 13.4 Å². The molecule has 0 spiro atoms. The fourth-order valence-electron chi connectivity index (χ4n) is 2.28. The fraction of sp³-hybridized carbons (Fsp3) is 0.692. The molecule has 0 unspecified atom stereocenters. The summed E-state index contributed by atoms with van der Waals surface area (Å²) in [4.78, 5) is 11.0. The Morgan fingerprint density at radius 3 is 2.48 bits per heavy atom. The minimum absolute atomic E-state index is 0.500. The van der Waals surface area contributed by atoms with Gasteiger partial charge in [-0.1, -0.05) is 6.92 Å².